The molecule has 1 saturated carbocycles. The number of carbonyl (C=O) groups excluding carboxylic acids is 1. The highest BCUT2D eigenvalue weighted by Gasteiger charge is 2.31. The van der Waals surface area contributed by atoms with Gasteiger partial charge in [-0.1, -0.05) is 12.1 Å². The predicted octanol–water partition coefficient (Wildman–Crippen LogP) is 4.60. The Morgan fingerprint density at radius 3 is 2.71 bits per heavy atom. The van der Waals surface area contributed by atoms with Gasteiger partial charge >= 0.3 is 0 Å². The van der Waals surface area contributed by atoms with Crippen LogP contribution < -0.4 is 5.32 Å². The largest absolute Gasteiger partial charge is 0.344 e. The van der Waals surface area contributed by atoms with Crippen LogP contribution >= 0.6 is 11.3 Å². The molecule has 1 N–H and O–H groups in total. The van der Waals surface area contributed by atoms with E-state index in [1.807, 2.05) is 43.5 Å². The molecule has 1 aliphatic carbocycles. The lowest BCUT2D eigenvalue weighted by Gasteiger charge is -2.16. The Balaban J connectivity index is 1.41. The van der Waals surface area contributed by atoms with E-state index in [4.69, 9.17) is 4.98 Å². The molecule has 2 fully saturated rings. The number of anilines is 1. The van der Waals surface area contributed by atoms with E-state index in [0.717, 1.165) is 51.7 Å². The van der Waals surface area contributed by atoms with Crippen molar-refractivity contribution in [1.29, 1.82) is 0 Å². The summed E-state index contributed by atoms with van der Waals surface area (Å²) in [5, 5.41) is 5.93. The Labute approximate surface area is 186 Å². The Morgan fingerprint density at radius 1 is 1.19 bits per heavy atom. The molecule has 0 unspecified atom stereocenters. The van der Waals surface area contributed by atoms with Crippen molar-refractivity contribution in [2.24, 2.45) is 5.92 Å². The summed E-state index contributed by atoms with van der Waals surface area (Å²) in [6.07, 6.45) is 2.62. The van der Waals surface area contributed by atoms with Crippen LogP contribution in [0.5, 0.6) is 0 Å². The molecule has 1 atom stereocenters. The molecule has 0 bridgehead atoms. The molecule has 162 valence electrons. The van der Waals surface area contributed by atoms with Crippen LogP contribution in [-0.4, -0.2) is 35.4 Å². The summed E-state index contributed by atoms with van der Waals surface area (Å²) < 4.78 is 26.1. The van der Waals surface area contributed by atoms with Gasteiger partial charge in [-0.05, 0) is 51.3 Å². The van der Waals surface area contributed by atoms with Crippen LogP contribution in [0.25, 0.3) is 21.8 Å². The summed E-state index contributed by atoms with van der Waals surface area (Å²) in [6, 6.07) is 9.92. The van der Waals surface area contributed by atoms with Gasteiger partial charge in [-0.3, -0.25) is 4.79 Å². The number of aryl methyl sites for hydroxylation is 1. The third-order valence-corrected chi connectivity index (χ3v) is 8.80. The summed E-state index contributed by atoms with van der Waals surface area (Å²) >= 11 is 1.57. The van der Waals surface area contributed by atoms with E-state index in [-0.39, 0.29) is 29.4 Å². The smallest absolute Gasteiger partial charge is 0.227 e. The monoisotopic (exact) mass is 455 g/mol. The number of aromatic nitrogens is 2. The van der Waals surface area contributed by atoms with Crippen LogP contribution in [0.15, 0.2) is 35.7 Å². The predicted molar refractivity (Wildman–Crippen MR) is 124 cm³/mol. The van der Waals surface area contributed by atoms with Gasteiger partial charge in [0.25, 0.3) is 0 Å². The molecule has 8 heteroatoms. The van der Waals surface area contributed by atoms with Crippen molar-refractivity contribution in [2.45, 2.75) is 39.2 Å². The second kappa shape index (κ2) is 7.60. The molecule has 6 nitrogen and oxygen atoms in total. The number of benzene rings is 1. The summed E-state index contributed by atoms with van der Waals surface area (Å²) in [6.45, 7) is 4.07. The molecule has 2 aromatic heterocycles. The lowest BCUT2D eigenvalue weighted by molar-refractivity contribution is -0.117. The number of hydrogen-bond acceptors (Lipinski definition) is 5. The highest BCUT2D eigenvalue weighted by Crippen LogP contribution is 2.36. The van der Waals surface area contributed by atoms with Gasteiger partial charge in [-0.25, -0.2) is 13.4 Å². The number of hydrogen-bond donors (Lipinski definition) is 1. The SMILES string of the molecule is Cc1cc(-c2csc(-c3cccc(NC(=O)C4CC4)c3)n2)c(C)n1[C@H]1CCS(=O)(=O)C1. The maximum Gasteiger partial charge on any atom is 0.227 e. The van der Waals surface area contributed by atoms with Gasteiger partial charge in [0.2, 0.25) is 5.91 Å². The zero-order chi connectivity index (χ0) is 21.8. The Bertz CT molecular complexity index is 1270. The molecular weight excluding hydrogens is 430 g/mol. The fourth-order valence-electron chi connectivity index (χ4n) is 4.43. The van der Waals surface area contributed by atoms with Crippen LogP contribution in [0.3, 0.4) is 0 Å². The summed E-state index contributed by atoms with van der Waals surface area (Å²) in [7, 11) is -2.94. The lowest BCUT2D eigenvalue weighted by Crippen LogP contribution is -2.13. The van der Waals surface area contributed by atoms with E-state index in [9.17, 15) is 13.2 Å². The Morgan fingerprint density at radius 2 is 2.00 bits per heavy atom. The van der Waals surface area contributed by atoms with Gasteiger partial charge in [0.05, 0.1) is 17.2 Å². The van der Waals surface area contributed by atoms with Crippen molar-refractivity contribution in [3.63, 3.8) is 0 Å². The highest BCUT2D eigenvalue weighted by molar-refractivity contribution is 7.91. The maximum atomic E-state index is 12.1. The van der Waals surface area contributed by atoms with Gasteiger partial charge in [-0.2, -0.15) is 0 Å². The molecule has 0 radical (unpaired) electrons. The zero-order valence-electron chi connectivity index (χ0n) is 17.6. The van der Waals surface area contributed by atoms with Crippen LogP contribution in [0.1, 0.15) is 36.7 Å². The van der Waals surface area contributed by atoms with Crippen molar-refractivity contribution < 1.29 is 13.2 Å². The van der Waals surface area contributed by atoms with E-state index in [1.165, 1.54) is 0 Å². The number of amides is 1. The van der Waals surface area contributed by atoms with Crippen molar-refractivity contribution >= 4 is 32.8 Å². The number of thiazole rings is 1. The average Bonchev–Trinajstić information content (AvgIpc) is 3.25. The fourth-order valence-corrected chi connectivity index (χ4v) is 6.94. The fraction of sp³-hybridized carbons (Fsp3) is 0.391. The van der Waals surface area contributed by atoms with Crippen molar-refractivity contribution in [3.05, 3.63) is 47.1 Å². The third kappa shape index (κ3) is 4.06. The second-order valence-electron chi connectivity index (χ2n) is 8.59. The van der Waals surface area contributed by atoms with Gasteiger partial charge < -0.3 is 9.88 Å². The van der Waals surface area contributed by atoms with Gasteiger partial charge in [-0.15, -0.1) is 11.3 Å². The summed E-state index contributed by atoms with van der Waals surface area (Å²) in [4.78, 5) is 16.9. The Kier molecular flexibility index (Phi) is 5.01. The topological polar surface area (TPSA) is 81.1 Å². The number of nitrogens with one attached hydrogen (secondary N) is 1. The van der Waals surface area contributed by atoms with Gasteiger partial charge in [0, 0.05) is 45.5 Å². The molecule has 2 aliphatic rings. The van der Waals surface area contributed by atoms with Crippen LogP contribution in [-0.2, 0) is 14.6 Å². The van der Waals surface area contributed by atoms with Crippen molar-refractivity contribution in [3.8, 4) is 21.8 Å². The second-order valence-corrected chi connectivity index (χ2v) is 11.7. The highest BCUT2D eigenvalue weighted by atomic mass is 32.2. The standard InChI is InChI=1S/C23H25N3O3S2/c1-14-10-20(15(2)26(14)19-8-9-31(28,29)13-19)21-12-30-23(25-21)17-4-3-5-18(11-17)24-22(27)16-6-7-16/h3-5,10-12,16,19H,6-9,13H2,1-2H3,(H,24,27)/t19-/m0/s1. The van der Waals surface area contributed by atoms with Gasteiger partial charge in [0.1, 0.15) is 5.01 Å². The van der Waals surface area contributed by atoms with E-state index < -0.39 is 9.84 Å². The number of sulfone groups is 1. The minimum Gasteiger partial charge on any atom is -0.344 e. The molecule has 31 heavy (non-hydrogen) atoms. The lowest BCUT2D eigenvalue weighted by atomic mass is 10.2. The first kappa shape index (κ1) is 20.5. The van der Waals surface area contributed by atoms with E-state index in [0.29, 0.717) is 6.42 Å². The maximum absolute atomic E-state index is 12.1. The minimum absolute atomic E-state index is 0.00335. The Hall–Kier alpha value is -2.45. The molecule has 5 rings (SSSR count). The molecule has 3 heterocycles. The number of nitrogens with zero attached hydrogens (tertiary/aromatic N) is 2. The molecule has 1 aromatic carbocycles. The number of carbonyl (C=O) groups is 1. The molecule has 1 saturated heterocycles. The molecule has 1 aliphatic heterocycles. The van der Waals surface area contributed by atoms with E-state index in [2.05, 4.69) is 16.0 Å². The van der Waals surface area contributed by atoms with Crippen molar-refractivity contribution in [1.82, 2.24) is 9.55 Å². The molecule has 1 amide bonds. The van der Waals surface area contributed by atoms with E-state index in [1.54, 1.807) is 11.3 Å². The van der Waals surface area contributed by atoms with Crippen LogP contribution in [0.2, 0.25) is 0 Å². The van der Waals surface area contributed by atoms with Crippen LogP contribution in [0.4, 0.5) is 5.69 Å². The molecule has 3 aromatic rings. The van der Waals surface area contributed by atoms with Crippen LogP contribution in [0, 0.1) is 19.8 Å². The normalized spacial score (nSPS) is 20.1. The molecular formula is C23H25N3O3S2. The van der Waals surface area contributed by atoms with E-state index >= 15 is 0 Å². The average molecular weight is 456 g/mol. The first-order valence-electron chi connectivity index (χ1n) is 10.6. The third-order valence-electron chi connectivity index (χ3n) is 6.16. The first-order chi connectivity index (χ1) is 14.8. The minimum atomic E-state index is -2.94. The summed E-state index contributed by atoms with van der Waals surface area (Å²) in [5.41, 5.74) is 5.83. The zero-order valence-corrected chi connectivity index (χ0v) is 19.2. The molecule has 0 spiro atoms. The first-order valence-corrected chi connectivity index (χ1v) is 13.3. The summed E-state index contributed by atoms with van der Waals surface area (Å²) in [5.74, 6) is 0.738. The van der Waals surface area contributed by atoms with Gasteiger partial charge in [0.15, 0.2) is 9.84 Å². The number of rotatable bonds is 5. The van der Waals surface area contributed by atoms with Crippen molar-refractivity contribution in [2.75, 3.05) is 16.8 Å². The quantitative estimate of drug-likeness (QED) is 0.609.